The molecule has 1 N–H and O–H groups in total. The zero-order chi connectivity index (χ0) is 9.10. The van der Waals surface area contributed by atoms with Gasteiger partial charge in [0, 0.05) is 37.5 Å². The van der Waals surface area contributed by atoms with Crippen LogP contribution in [0.5, 0.6) is 0 Å². The molecule has 0 unspecified atom stereocenters. The number of guanidine groups is 1. The largest absolute Gasteiger partial charge is 0.322 e. The number of thiazole rings is 1. The summed E-state index contributed by atoms with van der Waals surface area (Å²) in [6, 6.07) is 0. The first-order chi connectivity index (χ1) is 6.40. The van der Waals surface area contributed by atoms with Crippen LogP contribution in [0.15, 0.2) is 23.1 Å². The van der Waals surface area contributed by atoms with Gasteiger partial charge in [0.2, 0.25) is 5.96 Å². The molecule has 0 radical (unpaired) electrons. The highest BCUT2D eigenvalue weighted by Crippen LogP contribution is 2.20. The fourth-order valence-corrected chi connectivity index (χ4v) is 2.89. The fraction of sp³-hybridized carbons (Fsp3) is 0.143. The summed E-state index contributed by atoms with van der Waals surface area (Å²) in [7, 11) is 1.74. The first-order valence-corrected chi connectivity index (χ1v) is 6.72. The highest BCUT2D eigenvalue weighted by atomic mass is 127. The minimum Gasteiger partial charge on any atom is -0.322 e. The molecule has 1 aliphatic rings. The summed E-state index contributed by atoms with van der Waals surface area (Å²) in [5.74, 6) is 0.721. The normalized spacial score (nSPS) is 19.2. The van der Waals surface area contributed by atoms with E-state index >= 15 is 0 Å². The molecule has 1 aliphatic heterocycles. The lowest BCUT2D eigenvalue weighted by atomic mass is 10.4. The van der Waals surface area contributed by atoms with Crippen molar-refractivity contribution in [1.29, 1.82) is 0 Å². The van der Waals surface area contributed by atoms with Crippen LogP contribution in [0.25, 0.3) is 5.70 Å². The highest BCUT2D eigenvalue weighted by Gasteiger charge is 2.08. The Labute approximate surface area is 90.0 Å². The summed E-state index contributed by atoms with van der Waals surface area (Å²) < 4.78 is 6.37. The monoisotopic (exact) mass is 306 g/mol. The quantitative estimate of drug-likeness (QED) is 0.809. The van der Waals surface area contributed by atoms with Crippen molar-refractivity contribution in [2.24, 2.45) is 8.14 Å². The number of aromatic nitrogens is 1. The van der Waals surface area contributed by atoms with E-state index in [0.29, 0.717) is 0 Å². The average Bonchev–Trinajstić information content (AvgIpc) is 2.71. The maximum Gasteiger partial charge on any atom is 0.227 e. The van der Waals surface area contributed by atoms with E-state index in [9.17, 15) is 0 Å². The van der Waals surface area contributed by atoms with Gasteiger partial charge in [0.1, 0.15) is 0 Å². The molecular weight excluding hydrogens is 299 g/mol. The molecule has 6 heteroatoms. The maximum absolute atomic E-state index is 4.26. The van der Waals surface area contributed by atoms with Gasteiger partial charge < -0.3 is 5.32 Å². The second-order valence-electron chi connectivity index (χ2n) is 2.25. The van der Waals surface area contributed by atoms with Crippen LogP contribution < -0.4 is 5.32 Å². The smallest absolute Gasteiger partial charge is 0.227 e. The van der Waals surface area contributed by atoms with E-state index in [-0.39, 0.29) is 21.0 Å². The predicted octanol–water partition coefficient (Wildman–Crippen LogP) is 2.18. The molecule has 4 nitrogen and oxygen atoms in total. The molecule has 68 valence electrons. The van der Waals surface area contributed by atoms with Gasteiger partial charge in [0.05, 0.1) is 16.9 Å². The first kappa shape index (κ1) is 8.95. The highest BCUT2D eigenvalue weighted by molar-refractivity contribution is 14.2. The lowest BCUT2D eigenvalue weighted by Crippen LogP contribution is -2.20. The predicted molar refractivity (Wildman–Crippen MR) is 63.0 cm³/mol. The number of hydrogen-bond acceptors (Lipinski definition) is 3. The zero-order valence-electron chi connectivity index (χ0n) is 6.86. The van der Waals surface area contributed by atoms with E-state index in [2.05, 4.69) is 22.5 Å². The zero-order valence-corrected chi connectivity index (χ0v) is 9.83. The second-order valence-corrected chi connectivity index (χ2v) is 4.63. The Hall–Kier alpha value is -0.630. The Balaban J connectivity index is 2.28. The Morgan fingerprint density at radius 3 is 3.23 bits per heavy atom. The molecule has 0 aliphatic carbocycles. The topological polar surface area (TPSA) is 49.6 Å². The van der Waals surface area contributed by atoms with Gasteiger partial charge >= 0.3 is 0 Å². The molecule has 1 aromatic rings. The van der Waals surface area contributed by atoms with E-state index in [0.717, 1.165) is 17.4 Å². The van der Waals surface area contributed by atoms with E-state index < -0.39 is 0 Å². The number of aliphatic imine (C=N–C) groups is 1. The number of halogens is 1. The van der Waals surface area contributed by atoms with Gasteiger partial charge in [-0.3, -0.25) is 4.99 Å². The van der Waals surface area contributed by atoms with Crippen LogP contribution in [0.3, 0.4) is 0 Å². The molecule has 1 aromatic heterocycles. The van der Waals surface area contributed by atoms with Crippen LogP contribution in [0.1, 0.15) is 5.69 Å². The molecule has 0 fully saturated rings. The van der Waals surface area contributed by atoms with Crippen LogP contribution >= 0.6 is 32.4 Å². The molecule has 2 heterocycles. The first-order valence-electron chi connectivity index (χ1n) is 3.56. The van der Waals surface area contributed by atoms with Crippen LogP contribution in [-0.4, -0.2) is 18.0 Å². The summed E-state index contributed by atoms with van der Waals surface area (Å²) in [5.41, 5.74) is 3.86. The van der Waals surface area contributed by atoms with Crippen molar-refractivity contribution in [3.63, 3.8) is 0 Å². The van der Waals surface area contributed by atoms with Gasteiger partial charge in [-0.2, -0.15) is 3.15 Å². The van der Waals surface area contributed by atoms with E-state index in [1.807, 2.05) is 10.9 Å². The number of rotatable bonds is 1. The lowest BCUT2D eigenvalue weighted by Gasteiger charge is -2.09. The molecule has 0 spiro atoms. The fourth-order valence-electron chi connectivity index (χ4n) is 0.847. The third-order valence-electron chi connectivity index (χ3n) is 1.45. The summed E-state index contributed by atoms with van der Waals surface area (Å²) in [6.07, 6.45) is 0. The molecule has 0 bridgehead atoms. The van der Waals surface area contributed by atoms with Crippen LogP contribution in [0, 0.1) is 0 Å². The maximum atomic E-state index is 4.26. The van der Waals surface area contributed by atoms with E-state index in [1.54, 1.807) is 18.4 Å². The second kappa shape index (κ2) is 4.05. The van der Waals surface area contributed by atoms with Crippen molar-refractivity contribution in [1.82, 2.24) is 10.3 Å². The van der Waals surface area contributed by atoms with Crippen LogP contribution in [0.2, 0.25) is 0 Å². The minimum absolute atomic E-state index is 0.244. The van der Waals surface area contributed by atoms with Crippen molar-refractivity contribution < 1.29 is 0 Å². The van der Waals surface area contributed by atoms with Crippen LogP contribution in [0.4, 0.5) is 0 Å². The standard InChI is InChI=1S/C7H7IN4S/c1-9-7-11-5(2-8-12-7)6-3-13-4-10-6/h2-4H,1H3,(H,9,11,12). The van der Waals surface area contributed by atoms with Crippen molar-refractivity contribution in [2.45, 2.75) is 0 Å². The van der Waals surface area contributed by atoms with Crippen molar-refractivity contribution in [3.05, 3.63) is 20.7 Å². The Kier molecular flexibility index (Phi) is 2.79. The summed E-state index contributed by atoms with van der Waals surface area (Å²) in [4.78, 5) is 8.23. The van der Waals surface area contributed by atoms with Crippen molar-refractivity contribution in [2.75, 3.05) is 7.05 Å². The number of nitrogens with one attached hydrogen (secondary N) is 1. The molecule has 0 atom stereocenters. The summed E-state index contributed by atoms with van der Waals surface area (Å²) in [5, 5.41) is 5.14. The Morgan fingerprint density at radius 1 is 1.62 bits per heavy atom. The van der Waals surface area contributed by atoms with Crippen LogP contribution in [-0.2, 0) is 0 Å². The molecule has 0 saturated heterocycles. The Bertz CT molecular complexity index is 379. The van der Waals surface area contributed by atoms with Gasteiger partial charge in [-0.15, -0.1) is 11.3 Å². The number of hydrogen-bond donors (Lipinski definition) is 1. The Morgan fingerprint density at radius 2 is 2.54 bits per heavy atom. The van der Waals surface area contributed by atoms with Gasteiger partial charge in [0.15, 0.2) is 0 Å². The number of nitrogens with zero attached hydrogens (tertiary/aromatic N) is 3. The van der Waals surface area contributed by atoms with Gasteiger partial charge in [-0.1, -0.05) is 0 Å². The van der Waals surface area contributed by atoms with E-state index in [1.165, 1.54) is 0 Å². The summed E-state index contributed by atoms with van der Waals surface area (Å²) in [6.45, 7) is 0. The lowest BCUT2D eigenvalue weighted by molar-refractivity contribution is 1.19. The van der Waals surface area contributed by atoms with Gasteiger partial charge in [0.25, 0.3) is 0 Å². The molecule has 0 saturated carbocycles. The average molecular weight is 306 g/mol. The third-order valence-corrected chi connectivity index (χ3v) is 3.68. The third kappa shape index (κ3) is 1.99. The molecule has 0 aromatic carbocycles. The summed E-state index contributed by atoms with van der Waals surface area (Å²) >= 11 is 1.35. The molecule has 2 rings (SSSR count). The molecule has 0 amide bonds. The van der Waals surface area contributed by atoms with E-state index in [4.69, 9.17) is 0 Å². The molecule has 13 heavy (non-hydrogen) atoms. The van der Waals surface area contributed by atoms with Crippen molar-refractivity contribution >= 4 is 44.0 Å². The molecular formula is C7H7IN4S. The minimum atomic E-state index is -0.244. The van der Waals surface area contributed by atoms with Crippen molar-refractivity contribution in [3.8, 4) is 0 Å². The van der Waals surface area contributed by atoms with Gasteiger partial charge in [-0.05, 0) is 0 Å². The SMILES string of the molecule is CN=C1N=IC=C(c2cscn2)N1. The van der Waals surface area contributed by atoms with Gasteiger partial charge in [-0.25, -0.2) is 4.98 Å².